The number of benzene rings is 1. The van der Waals surface area contributed by atoms with Gasteiger partial charge in [0.1, 0.15) is 17.6 Å². The van der Waals surface area contributed by atoms with Crippen molar-refractivity contribution in [3.8, 4) is 11.5 Å². The summed E-state index contributed by atoms with van der Waals surface area (Å²) in [4.78, 5) is 2.21. The third-order valence-electron chi connectivity index (χ3n) is 3.17. The Hall–Kier alpha value is -1.29. The van der Waals surface area contributed by atoms with Crippen molar-refractivity contribution in [3.63, 3.8) is 0 Å². The zero-order valence-electron chi connectivity index (χ0n) is 9.97. The van der Waals surface area contributed by atoms with Crippen LogP contribution in [0, 0.1) is 0 Å². The predicted octanol–water partition coefficient (Wildman–Crippen LogP) is 2.20. The molecule has 2 rings (SSSR count). The highest BCUT2D eigenvalue weighted by atomic mass is 19.1. The molecule has 0 bridgehead atoms. The molecule has 1 unspecified atom stereocenters. The zero-order chi connectivity index (χ0) is 12.3. The fraction of sp³-hybridized carbons (Fsp3) is 0.538. The largest absolute Gasteiger partial charge is 0.508 e. The van der Waals surface area contributed by atoms with Crippen LogP contribution in [-0.2, 0) is 0 Å². The number of hydrogen-bond donors (Lipinski definition) is 1. The van der Waals surface area contributed by atoms with Gasteiger partial charge in [0.05, 0.1) is 6.67 Å². The van der Waals surface area contributed by atoms with E-state index < -0.39 is 0 Å². The molecule has 1 N–H and O–H groups in total. The molecule has 0 radical (unpaired) electrons. The number of phenolic OH excluding ortho intramolecular Hbond substituents is 1. The van der Waals surface area contributed by atoms with Gasteiger partial charge in [0, 0.05) is 19.1 Å². The van der Waals surface area contributed by atoms with Gasteiger partial charge < -0.3 is 9.84 Å². The first kappa shape index (κ1) is 12.2. The number of aromatic hydroxyl groups is 1. The summed E-state index contributed by atoms with van der Waals surface area (Å²) in [7, 11) is 0. The molecule has 94 valence electrons. The van der Waals surface area contributed by atoms with Gasteiger partial charge in [-0.2, -0.15) is 0 Å². The minimum atomic E-state index is -0.263. The second-order valence-electron chi connectivity index (χ2n) is 4.51. The maximum atomic E-state index is 12.2. The number of rotatable bonds is 5. The molecule has 0 aliphatic carbocycles. The summed E-state index contributed by atoms with van der Waals surface area (Å²) in [6.07, 6.45) is 0.771. The number of nitrogens with zero attached hydrogens (tertiary/aromatic N) is 1. The van der Waals surface area contributed by atoms with E-state index in [0.29, 0.717) is 12.5 Å². The molecule has 1 aliphatic rings. The Balaban J connectivity index is 1.75. The smallest absolute Gasteiger partial charge is 0.124 e. The van der Waals surface area contributed by atoms with E-state index in [2.05, 4.69) is 4.90 Å². The third kappa shape index (κ3) is 3.09. The third-order valence-corrected chi connectivity index (χ3v) is 3.17. The molecule has 1 saturated heterocycles. The van der Waals surface area contributed by atoms with E-state index >= 15 is 0 Å². The van der Waals surface area contributed by atoms with Crippen molar-refractivity contribution in [3.05, 3.63) is 24.3 Å². The first-order valence-corrected chi connectivity index (χ1v) is 5.94. The molecule has 1 heterocycles. The molecule has 4 heteroatoms. The summed E-state index contributed by atoms with van der Waals surface area (Å²) in [5.41, 5.74) is 0. The maximum Gasteiger partial charge on any atom is 0.124 e. The Labute approximate surface area is 101 Å². The topological polar surface area (TPSA) is 32.7 Å². The molecule has 0 spiro atoms. The number of ether oxygens (including phenoxy) is 1. The minimum Gasteiger partial charge on any atom is -0.508 e. The number of phenols is 1. The minimum absolute atomic E-state index is 0.182. The molecule has 1 aromatic rings. The van der Waals surface area contributed by atoms with Crippen molar-refractivity contribution in [2.24, 2.45) is 0 Å². The van der Waals surface area contributed by atoms with Crippen LogP contribution in [0.1, 0.15) is 13.3 Å². The first-order valence-electron chi connectivity index (χ1n) is 5.94. The molecular weight excluding hydrogens is 221 g/mol. The van der Waals surface area contributed by atoms with E-state index in [0.717, 1.165) is 18.8 Å². The fourth-order valence-corrected chi connectivity index (χ4v) is 1.96. The highest BCUT2D eigenvalue weighted by Crippen LogP contribution is 2.22. The lowest BCUT2D eigenvalue weighted by Crippen LogP contribution is -2.57. The Kier molecular flexibility index (Phi) is 3.84. The molecule has 0 amide bonds. The fourth-order valence-electron chi connectivity index (χ4n) is 1.96. The van der Waals surface area contributed by atoms with Crippen LogP contribution in [0.15, 0.2) is 24.3 Å². The highest BCUT2D eigenvalue weighted by Gasteiger charge is 2.31. The van der Waals surface area contributed by atoms with Gasteiger partial charge in [-0.25, -0.2) is 0 Å². The van der Waals surface area contributed by atoms with Gasteiger partial charge in [-0.15, -0.1) is 0 Å². The molecule has 0 saturated carbocycles. The van der Waals surface area contributed by atoms with Gasteiger partial charge in [0.15, 0.2) is 0 Å². The Morgan fingerprint density at radius 3 is 2.65 bits per heavy atom. The summed E-state index contributed by atoms with van der Waals surface area (Å²) >= 11 is 0. The maximum absolute atomic E-state index is 12.2. The van der Waals surface area contributed by atoms with E-state index in [-0.39, 0.29) is 18.5 Å². The lowest BCUT2D eigenvalue weighted by atomic mass is 10.1. The molecule has 1 aliphatic heterocycles. The second-order valence-corrected chi connectivity index (χ2v) is 4.51. The van der Waals surface area contributed by atoms with Crippen LogP contribution in [0.2, 0.25) is 0 Å². The van der Waals surface area contributed by atoms with Gasteiger partial charge in [-0.05, 0) is 37.6 Å². The normalized spacial score (nSPS) is 18.7. The first-order chi connectivity index (χ1) is 8.19. The standard InChI is InChI=1S/C13H18FNO2/c1-10(6-7-14)15-8-13(9-15)17-12-4-2-11(16)3-5-12/h2-5,10,13,16H,6-9H2,1H3. The van der Waals surface area contributed by atoms with Crippen molar-refractivity contribution in [2.45, 2.75) is 25.5 Å². The van der Waals surface area contributed by atoms with E-state index in [9.17, 15) is 4.39 Å². The van der Waals surface area contributed by atoms with Crippen LogP contribution in [0.5, 0.6) is 11.5 Å². The summed E-state index contributed by atoms with van der Waals surface area (Å²) in [5.74, 6) is 1.01. The number of alkyl halides is 1. The van der Waals surface area contributed by atoms with Crippen LogP contribution in [-0.4, -0.2) is 41.9 Å². The summed E-state index contributed by atoms with van der Waals surface area (Å²) in [6, 6.07) is 7.01. The molecule has 1 fully saturated rings. The number of likely N-dealkylation sites (tertiary alicyclic amines) is 1. The molecular formula is C13H18FNO2. The van der Waals surface area contributed by atoms with Crippen LogP contribution in [0.4, 0.5) is 4.39 Å². The molecule has 17 heavy (non-hydrogen) atoms. The van der Waals surface area contributed by atoms with Gasteiger partial charge >= 0.3 is 0 Å². The zero-order valence-corrected chi connectivity index (χ0v) is 9.97. The van der Waals surface area contributed by atoms with Crippen molar-refractivity contribution in [2.75, 3.05) is 19.8 Å². The van der Waals surface area contributed by atoms with Crippen LogP contribution >= 0.6 is 0 Å². The molecule has 0 aromatic heterocycles. The lowest BCUT2D eigenvalue weighted by Gasteiger charge is -2.42. The number of halogens is 1. The van der Waals surface area contributed by atoms with Gasteiger partial charge in [0.25, 0.3) is 0 Å². The average molecular weight is 239 g/mol. The Morgan fingerprint density at radius 2 is 2.06 bits per heavy atom. The van der Waals surface area contributed by atoms with E-state index in [1.165, 1.54) is 0 Å². The number of hydrogen-bond acceptors (Lipinski definition) is 3. The van der Waals surface area contributed by atoms with Crippen LogP contribution in [0.25, 0.3) is 0 Å². The Bertz CT molecular complexity index is 349. The van der Waals surface area contributed by atoms with Gasteiger partial charge in [-0.3, -0.25) is 9.29 Å². The monoisotopic (exact) mass is 239 g/mol. The van der Waals surface area contributed by atoms with E-state index in [1.807, 2.05) is 6.92 Å². The molecule has 1 atom stereocenters. The van der Waals surface area contributed by atoms with Crippen molar-refractivity contribution in [1.82, 2.24) is 4.90 Å². The van der Waals surface area contributed by atoms with Gasteiger partial charge in [0.2, 0.25) is 0 Å². The predicted molar refractivity (Wildman–Crippen MR) is 64.1 cm³/mol. The second kappa shape index (κ2) is 5.36. The molecule has 3 nitrogen and oxygen atoms in total. The van der Waals surface area contributed by atoms with Crippen molar-refractivity contribution in [1.29, 1.82) is 0 Å². The SMILES string of the molecule is CC(CCF)N1CC(Oc2ccc(O)cc2)C1. The van der Waals surface area contributed by atoms with E-state index in [1.54, 1.807) is 24.3 Å². The lowest BCUT2D eigenvalue weighted by molar-refractivity contribution is -0.00788. The molecule has 1 aromatic carbocycles. The van der Waals surface area contributed by atoms with Crippen molar-refractivity contribution >= 4 is 0 Å². The van der Waals surface area contributed by atoms with E-state index in [4.69, 9.17) is 9.84 Å². The van der Waals surface area contributed by atoms with Crippen molar-refractivity contribution < 1.29 is 14.2 Å². The van der Waals surface area contributed by atoms with Gasteiger partial charge in [-0.1, -0.05) is 0 Å². The van der Waals surface area contributed by atoms with Crippen LogP contribution < -0.4 is 4.74 Å². The van der Waals surface area contributed by atoms with Crippen LogP contribution in [0.3, 0.4) is 0 Å². The summed E-state index contributed by atoms with van der Waals surface area (Å²) < 4.78 is 17.9. The average Bonchev–Trinajstić information content (AvgIpc) is 2.25. The highest BCUT2D eigenvalue weighted by molar-refractivity contribution is 5.30. The summed E-state index contributed by atoms with van der Waals surface area (Å²) in [6.45, 7) is 3.47. The summed E-state index contributed by atoms with van der Waals surface area (Å²) in [5, 5.41) is 9.14. The Morgan fingerprint density at radius 1 is 1.41 bits per heavy atom. The quantitative estimate of drug-likeness (QED) is 0.855.